The van der Waals surface area contributed by atoms with E-state index in [0.29, 0.717) is 6.19 Å². The maximum atomic E-state index is 7.35. The fourth-order valence-electron chi connectivity index (χ4n) is 1.16. The lowest BCUT2D eigenvalue weighted by Crippen LogP contribution is -1.91. The lowest BCUT2D eigenvalue weighted by Gasteiger charge is -2.07. The van der Waals surface area contributed by atoms with E-state index in [-0.39, 0.29) is 0 Å². The molecule has 1 aliphatic heterocycles. The summed E-state index contributed by atoms with van der Waals surface area (Å²) in [4.78, 5) is 4.13. The normalized spacial score (nSPS) is 17.2. The Morgan fingerprint density at radius 2 is 2.30 bits per heavy atom. The Balaban J connectivity index is 2.51. The maximum Gasteiger partial charge on any atom is 0.0792 e. The number of aliphatic imine (C=N–C) groups is 1. The smallest absolute Gasteiger partial charge is 0.0792 e. The second-order valence-corrected chi connectivity index (χ2v) is 2.40. The SMILES string of the molecule is [2H]C1=Nc2ccccc2CC1. The molecule has 1 aromatic carbocycles. The van der Waals surface area contributed by atoms with Crippen LogP contribution in [0.15, 0.2) is 29.3 Å². The fraction of sp³-hybridized carbons (Fsp3) is 0.222. The topological polar surface area (TPSA) is 12.4 Å². The molecule has 1 heterocycles. The largest absolute Gasteiger partial charge is 0.261 e. The molecule has 1 heteroatoms. The molecule has 2 rings (SSSR count). The van der Waals surface area contributed by atoms with Gasteiger partial charge in [-0.1, -0.05) is 18.2 Å². The van der Waals surface area contributed by atoms with E-state index in [1.165, 1.54) is 5.56 Å². The van der Waals surface area contributed by atoms with E-state index in [1.54, 1.807) is 0 Å². The minimum Gasteiger partial charge on any atom is -0.261 e. The van der Waals surface area contributed by atoms with Crippen LogP contribution in [0, 0.1) is 0 Å². The minimum atomic E-state index is 0.503. The average Bonchev–Trinajstić information content (AvgIpc) is 2.04. The summed E-state index contributed by atoms with van der Waals surface area (Å²) in [7, 11) is 0. The zero-order valence-electron chi connectivity index (χ0n) is 6.67. The van der Waals surface area contributed by atoms with Crippen molar-refractivity contribution >= 4 is 11.9 Å². The van der Waals surface area contributed by atoms with Crippen molar-refractivity contribution in [2.24, 2.45) is 4.99 Å². The van der Waals surface area contributed by atoms with Crippen LogP contribution in [-0.4, -0.2) is 6.19 Å². The molecular formula is C9H9N. The summed E-state index contributed by atoms with van der Waals surface area (Å²) in [5, 5.41) is 0. The summed E-state index contributed by atoms with van der Waals surface area (Å²) < 4.78 is 7.35. The monoisotopic (exact) mass is 132 g/mol. The molecule has 0 N–H and O–H groups in total. The van der Waals surface area contributed by atoms with Gasteiger partial charge in [0.2, 0.25) is 0 Å². The average molecular weight is 132 g/mol. The summed E-state index contributed by atoms with van der Waals surface area (Å²) in [5.74, 6) is 0. The highest BCUT2D eigenvalue weighted by Crippen LogP contribution is 2.22. The Morgan fingerprint density at radius 1 is 1.40 bits per heavy atom. The highest BCUT2D eigenvalue weighted by Gasteiger charge is 2.01. The van der Waals surface area contributed by atoms with E-state index < -0.39 is 0 Å². The van der Waals surface area contributed by atoms with E-state index in [4.69, 9.17) is 1.37 Å². The van der Waals surface area contributed by atoms with Crippen LogP contribution < -0.4 is 0 Å². The van der Waals surface area contributed by atoms with Crippen molar-refractivity contribution in [1.29, 1.82) is 0 Å². The Hall–Kier alpha value is -1.11. The Labute approximate surface area is 61.8 Å². The van der Waals surface area contributed by atoms with Crippen molar-refractivity contribution in [1.82, 2.24) is 0 Å². The van der Waals surface area contributed by atoms with Gasteiger partial charge in [0.1, 0.15) is 0 Å². The third-order valence-electron chi connectivity index (χ3n) is 1.70. The van der Waals surface area contributed by atoms with Crippen molar-refractivity contribution in [2.75, 3.05) is 0 Å². The van der Waals surface area contributed by atoms with Crippen LogP contribution >= 0.6 is 0 Å². The van der Waals surface area contributed by atoms with Gasteiger partial charge in [0.05, 0.1) is 7.06 Å². The lowest BCUT2D eigenvalue weighted by molar-refractivity contribution is 1.03. The van der Waals surface area contributed by atoms with E-state index in [2.05, 4.69) is 11.1 Å². The number of fused-ring (bicyclic) bond motifs is 1. The fourth-order valence-corrected chi connectivity index (χ4v) is 1.16. The standard InChI is InChI=1S/C9H9N/c1-2-6-9-8(4-1)5-3-7-10-9/h1-2,4,6-7H,3,5H2/i7D. The maximum absolute atomic E-state index is 7.35. The predicted molar refractivity (Wildman–Crippen MR) is 42.9 cm³/mol. The van der Waals surface area contributed by atoms with Gasteiger partial charge in [0, 0.05) is 6.19 Å². The molecule has 0 aromatic heterocycles. The second kappa shape index (κ2) is 2.25. The van der Waals surface area contributed by atoms with Crippen molar-refractivity contribution in [3.05, 3.63) is 29.8 Å². The van der Waals surface area contributed by atoms with Crippen molar-refractivity contribution in [3.63, 3.8) is 0 Å². The number of hydrogen-bond acceptors (Lipinski definition) is 1. The molecule has 10 heavy (non-hydrogen) atoms. The van der Waals surface area contributed by atoms with Crippen LogP contribution in [0.25, 0.3) is 0 Å². The van der Waals surface area contributed by atoms with Gasteiger partial charge in [0.15, 0.2) is 0 Å². The quantitative estimate of drug-likeness (QED) is 0.513. The first-order valence-corrected chi connectivity index (χ1v) is 3.48. The van der Waals surface area contributed by atoms with Crippen LogP contribution in [0.2, 0.25) is 0 Å². The molecule has 0 spiro atoms. The molecule has 0 atom stereocenters. The Kier molecular flexibility index (Phi) is 1.05. The summed E-state index contributed by atoms with van der Waals surface area (Å²) in [5.41, 5.74) is 2.24. The third kappa shape index (κ3) is 0.838. The number of nitrogens with zero attached hydrogens (tertiary/aromatic N) is 1. The van der Waals surface area contributed by atoms with Crippen LogP contribution in [-0.2, 0) is 6.42 Å². The van der Waals surface area contributed by atoms with E-state index in [0.717, 1.165) is 18.5 Å². The van der Waals surface area contributed by atoms with Crippen molar-refractivity contribution in [2.45, 2.75) is 12.8 Å². The number of aryl methyl sites for hydroxylation is 1. The molecule has 0 saturated carbocycles. The molecule has 0 radical (unpaired) electrons. The van der Waals surface area contributed by atoms with Crippen LogP contribution in [0.1, 0.15) is 13.4 Å². The molecule has 1 aliphatic rings. The summed E-state index contributed by atoms with van der Waals surface area (Å²) in [6, 6.07) is 8.01. The number of benzene rings is 1. The van der Waals surface area contributed by atoms with E-state index in [1.807, 2.05) is 18.2 Å². The lowest BCUT2D eigenvalue weighted by atomic mass is 10.1. The Bertz CT molecular complexity index is 304. The van der Waals surface area contributed by atoms with Gasteiger partial charge in [-0.15, -0.1) is 0 Å². The first-order chi connectivity index (χ1) is 5.36. The van der Waals surface area contributed by atoms with Gasteiger partial charge >= 0.3 is 0 Å². The zero-order valence-corrected chi connectivity index (χ0v) is 5.67. The molecule has 0 aliphatic carbocycles. The van der Waals surface area contributed by atoms with Gasteiger partial charge in [-0.3, -0.25) is 4.99 Å². The van der Waals surface area contributed by atoms with Crippen LogP contribution in [0.3, 0.4) is 0 Å². The van der Waals surface area contributed by atoms with Gasteiger partial charge < -0.3 is 0 Å². The minimum absolute atomic E-state index is 0.503. The van der Waals surface area contributed by atoms with Crippen LogP contribution in [0.5, 0.6) is 0 Å². The van der Waals surface area contributed by atoms with Crippen LogP contribution in [0.4, 0.5) is 5.69 Å². The number of para-hydroxylation sites is 1. The summed E-state index contributed by atoms with van der Waals surface area (Å²) in [6.45, 7) is 0. The summed E-state index contributed by atoms with van der Waals surface area (Å²) >= 11 is 0. The predicted octanol–water partition coefficient (Wildman–Crippen LogP) is 2.34. The van der Waals surface area contributed by atoms with Crippen molar-refractivity contribution < 1.29 is 1.37 Å². The zero-order chi connectivity index (χ0) is 7.68. The highest BCUT2D eigenvalue weighted by molar-refractivity contribution is 5.68. The Morgan fingerprint density at radius 3 is 3.30 bits per heavy atom. The molecular weight excluding hydrogens is 122 g/mol. The molecule has 0 bridgehead atoms. The van der Waals surface area contributed by atoms with E-state index >= 15 is 0 Å². The second-order valence-electron chi connectivity index (χ2n) is 2.40. The van der Waals surface area contributed by atoms with Gasteiger partial charge in [0.25, 0.3) is 0 Å². The molecule has 0 fully saturated rings. The van der Waals surface area contributed by atoms with Gasteiger partial charge in [-0.2, -0.15) is 0 Å². The van der Waals surface area contributed by atoms with Gasteiger partial charge in [-0.05, 0) is 24.5 Å². The number of rotatable bonds is 0. The van der Waals surface area contributed by atoms with E-state index in [9.17, 15) is 0 Å². The molecule has 1 aromatic rings. The molecule has 50 valence electrons. The highest BCUT2D eigenvalue weighted by atomic mass is 14.7. The molecule has 0 unspecified atom stereocenters. The first kappa shape index (κ1) is 4.67. The summed E-state index contributed by atoms with van der Waals surface area (Å²) in [6.07, 6.45) is 2.26. The molecule has 1 nitrogen and oxygen atoms in total. The number of hydrogen-bond donors (Lipinski definition) is 0. The first-order valence-electron chi connectivity index (χ1n) is 3.98. The van der Waals surface area contributed by atoms with Crippen molar-refractivity contribution in [3.8, 4) is 0 Å². The van der Waals surface area contributed by atoms with Gasteiger partial charge in [-0.25, -0.2) is 0 Å². The molecule has 0 amide bonds. The molecule has 0 saturated heterocycles. The third-order valence-corrected chi connectivity index (χ3v) is 1.70.